The summed E-state index contributed by atoms with van der Waals surface area (Å²) in [6.07, 6.45) is 0. The van der Waals surface area contributed by atoms with Crippen LogP contribution >= 0.6 is 11.3 Å². The number of amides is 2. The van der Waals surface area contributed by atoms with Crippen LogP contribution in [0.5, 0.6) is 5.75 Å². The second-order valence-electron chi connectivity index (χ2n) is 7.28. The van der Waals surface area contributed by atoms with Crippen LogP contribution in [-0.2, 0) is 5.41 Å². The van der Waals surface area contributed by atoms with Gasteiger partial charge in [0, 0.05) is 11.3 Å². The largest absolute Gasteiger partial charge is 0.494 e. The molecule has 0 aliphatic carbocycles. The molecule has 3 rings (SSSR count). The maximum Gasteiger partial charge on any atom is 0.325 e. The second-order valence-corrected chi connectivity index (χ2v) is 8.26. The fraction of sp³-hybridized carbons (Fsp3) is 0.286. The van der Waals surface area contributed by atoms with Crippen LogP contribution in [-0.4, -0.2) is 22.8 Å². The van der Waals surface area contributed by atoms with Crippen molar-refractivity contribution in [2.24, 2.45) is 0 Å². The normalized spacial score (nSPS) is 11.1. The smallest absolute Gasteiger partial charge is 0.325 e. The highest BCUT2D eigenvalue weighted by atomic mass is 32.1. The molecule has 7 heteroatoms. The summed E-state index contributed by atoms with van der Waals surface area (Å²) in [5.74, 6) is 0.779. The Kier molecular flexibility index (Phi) is 5.94. The van der Waals surface area contributed by atoms with Gasteiger partial charge in [0.15, 0.2) is 0 Å². The molecule has 0 radical (unpaired) electrons. The van der Waals surface area contributed by atoms with Crippen LogP contribution in [0.4, 0.5) is 15.6 Å². The van der Waals surface area contributed by atoms with Gasteiger partial charge in [0.05, 0.1) is 6.61 Å². The van der Waals surface area contributed by atoms with Crippen molar-refractivity contribution in [2.45, 2.75) is 33.1 Å². The average molecular weight is 397 g/mol. The number of hydrogen-bond donors (Lipinski definition) is 2. The Labute approximate surface area is 169 Å². The number of nitrogens with one attached hydrogen (secondary N) is 2. The van der Waals surface area contributed by atoms with Crippen LogP contribution in [0.3, 0.4) is 0 Å². The van der Waals surface area contributed by atoms with Gasteiger partial charge in [0.2, 0.25) is 5.13 Å². The molecule has 1 aromatic heterocycles. The molecule has 2 amide bonds. The zero-order valence-corrected chi connectivity index (χ0v) is 17.3. The highest BCUT2D eigenvalue weighted by Crippen LogP contribution is 2.29. The summed E-state index contributed by atoms with van der Waals surface area (Å²) in [4.78, 5) is 12.2. The SMILES string of the molecule is CCOc1cccc(-c2nnc(NC(=O)Nc3ccc(C(C)(C)C)cc3)s2)c1. The first kappa shape index (κ1) is 19.8. The summed E-state index contributed by atoms with van der Waals surface area (Å²) in [6.45, 7) is 9.00. The predicted molar refractivity (Wildman–Crippen MR) is 114 cm³/mol. The number of hydrogen-bond acceptors (Lipinski definition) is 5. The lowest BCUT2D eigenvalue weighted by molar-refractivity contribution is 0.262. The van der Waals surface area contributed by atoms with Crippen LogP contribution in [0.1, 0.15) is 33.3 Å². The fourth-order valence-corrected chi connectivity index (χ4v) is 3.32. The Hall–Kier alpha value is -2.93. The minimum absolute atomic E-state index is 0.0726. The van der Waals surface area contributed by atoms with Crippen LogP contribution < -0.4 is 15.4 Å². The third-order valence-corrected chi connectivity index (χ3v) is 4.93. The summed E-state index contributed by atoms with van der Waals surface area (Å²) in [5, 5.41) is 14.9. The lowest BCUT2D eigenvalue weighted by Crippen LogP contribution is -2.19. The molecule has 28 heavy (non-hydrogen) atoms. The molecule has 0 saturated carbocycles. The van der Waals surface area contributed by atoms with E-state index in [-0.39, 0.29) is 11.4 Å². The highest BCUT2D eigenvalue weighted by molar-refractivity contribution is 7.18. The van der Waals surface area contributed by atoms with E-state index >= 15 is 0 Å². The van der Waals surface area contributed by atoms with Gasteiger partial charge < -0.3 is 10.1 Å². The predicted octanol–water partition coefficient (Wildman–Crippen LogP) is 5.55. The molecular formula is C21H24N4O2S. The first-order valence-corrected chi connectivity index (χ1v) is 9.92. The first-order valence-electron chi connectivity index (χ1n) is 9.10. The summed E-state index contributed by atoms with van der Waals surface area (Å²) >= 11 is 1.31. The zero-order chi connectivity index (χ0) is 20.1. The van der Waals surface area contributed by atoms with E-state index in [1.54, 1.807) is 0 Å². The summed E-state index contributed by atoms with van der Waals surface area (Å²) in [6, 6.07) is 15.1. The van der Waals surface area contributed by atoms with Gasteiger partial charge in [-0.3, -0.25) is 5.32 Å². The summed E-state index contributed by atoms with van der Waals surface area (Å²) in [7, 11) is 0. The van der Waals surface area contributed by atoms with E-state index in [2.05, 4.69) is 41.6 Å². The number of benzene rings is 2. The monoisotopic (exact) mass is 396 g/mol. The van der Waals surface area contributed by atoms with Crippen molar-refractivity contribution >= 4 is 28.2 Å². The van der Waals surface area contributed by atoms with Crippen molar-refractivity contribution in [3.63, 3.8) is 0 Å². The van der Waals surface area contributed by atoms with E-state index in [0.717, 1.165) is 17.0 Å². The molecule has 0 aliphatic rings. The number of rotatable bonds is 5. The molecule has 2 aromatic carbocycles. The van der Waals surface area contributed by atoms with E-state index in [4.69, 9.17) is 4.74 Å². The number of urea groups is 1. The van der Waals surface area contributed by atoms with Gasteiger partial charge in [-0.15, -0.1) is 10.2 Å². The van der Waals surface area contributed by atoms with E-state index in [0.29, 0.717) is 16.7 Å². The molecule has 0 saturated heterocycles. The molecule has 6 nitrogen and oxygen atoms in total. The Morgan fingerprint density at radius 2 is 1.82 bits per heavy atom. The topological polar surface area (TPSA) is 76.1 Å². The van der Waals surface area contributed by atoms with Crippen LogP contribution in [0.15, 0.2) is 48.5 Å². The number of ether oxygens (including phenoxy) is 1. The van der Waals surface area contributed by atoms with Crippen LogP contribution in [0, 0.1) is 0 Å². The van der Waals surface area contributed by atoms with Crippen molar-refractivity contribution in [3.05, 3.63) is 54.1 Å². The molecule has 1 heterocycles. The second kappa shape index (κ2) is 8.39. The van der Waals surface area contributed by atoms with Gasteiger partial charge in [0.1, 0.15) is 10.8 Å². The summed E-state index contributed by atoms with van der Waals surface area (Å²) in [5.41, 5.74) is 2.90. The Balaban J connectivity index is 1.63. The van der Waals surface area contributed by atoms with Crippen molar-refractivity contribution in [1.82, 2.24) is 10.2 Å². The Bertz CT molecular complexity index is 946. The third-order valence-electron chi connectivity index (χ3n) is 4.05. The average Bonchev–Trinajstić information content (AvgIpc) is 3.10. The van der Waals surface area contributed by atoms with Gasteiger partial charge in [-0.2, -0.15) is 0 Å². The number of nitrogens with zero attached hydrogens (tertiary/aromatic N) is 2. The molecule has 0 atom stereocenters. The highest BCUT2D eigenvalue weighted by Gasteiger charge is 2.14. The van der Waals surface area contributed by atoms with Crippen molar-refractivity contribution in [2.75, 3.05) is 17.2 Å². The van der Waals surface area contributed by atoms with E-state index in [9.17, 15) is 4.79 Å². The van der Waals surface area contributed by atoms with Crippen molar-refractivity contribution in [1.29, 1.82) is 0 Å². The van der Waals surface area contributed by atoms with Gasteiger partial charge in [-0.1, -0.05) is 56.4 Å². The minimum atomic E-state index is -0.353. The van der Waals surface area contributed by atoms with Gasteiger partial charge in [0.25, 0.3) is 0 Å². The Morgan fingerprint density at radius 1 is 1.07 bits per heavy atom. The summed E-state index contributed by atoms with van der Waals surface area (Å²) < 4.78 is 5.51. The van der Waals surface area contributed by atoms with Gasteiger partial charge >= 0.3 is 6.03 Å². The number of carbonyl (C=O) groups is 1. The quantitative estimate of drug-likeness (QED) is 0.593. The number of anilines is 2. The lowest BCUT2D eigenvalue weighted by atomic mass is 9.87. The van der Waals surface area contributed by atoms with Crippen molar-refractivity contribution < 1.29 is 9.53 Å². The molecule has 2 N–H and O–H groups in total. The maximum atomic E-state index is 12.2. The molecule has 146 valence electrons. The maximum absolute atomic E-state index is 12.2. The van der Waals surface area contributed by atoms with Crippen LogP contribution in [0.25, 0.3) is 10.6 Å². The van der Waals surface area contributed by atoms with E-state index in [1.165, 1.54) is 16.9 Å². The van der Waals surface area contributed by atoms with E-state index < -0.39 is 0 Å². The zero-order valence-electron chi connectivity index (χ0n) is 16.4. The number of carbonyl (C=O) groups excluding carboxylic acids is 1. The molecule has 0 aliphatic heterocycles. The number of aromatic nitrogens is 2. The molecular weight excluding hydrogens is 372 g/mol. The molecule has 0 fully saturated rings. The molecule has 0 bridgehead atoms. The molecule has 0 spiro atoms. The molecule has 3 aromatic rings. The molecule has 0 unspecified atom stereocenters. The van der Waals surface area contributed by atoms with Crippen molar-refractivity contribution in [3.8, 4) is 16.3 Å². The van der Waals surface area contributed by atoms with Gasteiger partial charge in [-0.25, -0.2) is 4.79 Å². The minimum Gasteiger partial charge on any atom is -0.494 e. The fourth-order valence-electron chi connectivity index (χ4n) is 2.59. The van der Waals surface area contributed by atoms with E-state index in [1.807, 2.05) is 55.5 Å². The Morgan fingerprint density at radius 3 is 2.50 bits per heavy atom. The first-order chi connectivity index (χ1) is 13.3. The van der Waals surface area contributed by atoms with Gasteiger partial charge in [-0.05, 0) is 42.2 Å². The third kappa shape index (κ3) is 5.07. The standard InChI is InChI=1S/C21H24N4O2S/c1-5-27-17-8-6-7-14(13-17)18-24-25-20(28-18)23-19(26)22-16-11-9-15(10-12-16)21(2,3)4/h6-13H,5H2,1-4H3,(H2,22,23,25,26). The van der Waals surface area contributed by atoms with Crippen LogP contribution in [0.2, 0.25) is 0 Å². The lowest BCUT2D eigenvalue weighted by Gasteiger charge is -2.19.